The molecule has 0 amide bonds. The first kappa shape index (κ1) is 13.5. The van der Waals surface area contributed by atoms with Crippen molar-refractivity contribution < 1.29 is 9.13 Å². The zero-order chi connectivity index (χ0) is 12.9. The van der Waals surface area contributed by atoms with E-state index in [1.54, 1.807) is 24.3 Å². The molecule has 0 saturated heterocycles. The third-order valence-corrected chi connectivity index (χ3v) is 2.51. The topological polar surface area (TPSA) is 38.7 Å². The predicted molar refractivity (Wildman–Crippen MR) is 65.4 cm³/mol. The molecule has 0 spiro atoms. The number of ether oxygens (including phenoxy) is 1. The Labute approximate surface area is 100 Å². The molecule has 1 aromatic rings. The largest absolute Gasteiger partial charge is 0.381 e. The number of halogens is 1. The Hall–Kier alpha value is -1.55. The third-order valence-electron chi connectivity index (χ3n) is 2.51. The van der Waals surface area contributed by atoms with Crippen molar-refractivity contribution in [2.24, 2.45) is 5.18 Å². The van der Waals surface area contributed by atoms with E-state index >= 15 is 0 Å². The molecule has 0 bridgehead atoms. The minimum absolute atomic E-state index is 0.00888. The van der Waals surface area contributed by atoms with Gasteiger partial charge in [0.15, 0.2) is 5.67 Å². The van der Waals surface area contributed by atoms with Crippen LogP contribution in [0.15, 0.2) is 41.7 Å². The predicted octanol–water partition coefficient (Wildman–Crippen LogP) is 3.34. The molecule has 4 heteroatoms. The van der Waals surface area contributed by atoms with E-state index < -0.39 is 5.67 Å². The highest BCUT2D eigenvalue weighted by atomic mass is 19.1. The van der Waals surface area contributed by atoms with Gasteiger partial charge in [-0.05, 0) is 23.2 Å². The van der Waals surface area contributed by atoms with E-state index in [9.17, 15) is 9.30 Å². The smallest absolute Gasteiger partial charge is 0.156 e. The fourth-order valence-electron chi connectivity index (χ4n) is 1.59. The first-order valence-electron chi connectivity index (χ1n) is 5.28. The monoisotopic (exact) mass is 237 g/mol. The number of rotatable bonds is 6. The van der Waals surface area contributed by atoms with Crippen molar-refractivity contribution in [2.75, 3.05) is 13.7 Å². The van der Waals surface area contributed by atoms with Gasteiger partial charge in [-0.2, -0.15) is 0 Å². The molecule has 0 saturated carbocycles. The molecule has 1 rings (SSSR count). The van der Waals surface area contributed by atoms with Crippen molar-refractivity contribution in [3.63, 3.8) is 0 Å². The quantitative estimate of drug-likeness (QED) is 0.712. The van der Waals surface area contributed by atoms with E-state index in [4.69, 9.17) is 4.74 Å². The van der Waals surface area contributed by atoms with Gasteiger partial charge in [-0.15, -0.1) is 4.91 Å². The average molecular weight is 237 g/mol. The maximum absolute atomic E-state index is 14.1. The van der Waals surface area contributed by atoms with Crippen LogP contribution in [0.1, 0.15) is 18.1 Å². The van der Waals surface area contributed by atoms with E-state index in [-0.39, 0.29) is 12.3 Å². The van der Waals surface area contributed by atoms with Gasteiger partial charge in [0.1, 0.15) is 0 Å². The van der Waals surface area contributed by atoms with Gasteiger partial charge in [0, 0.05) is 13.5 Å². The van der Waals surface area contributed by atoms with Crippen LogP contribution in [0.25, 0.3) is 0 Å². The zero-order valence-electron chi connectivity index (χ0n) is 10.1. The second kappa shape index (κ2) is 5.68. The number of nitrogens with zero attached hydrogens (tertiary/aromatic N) is 1. The van der Waals surface area contributed by atoms with Crippen LogP contribution in [0.3, 0.4) is 0 Å². The highest BCUT2D eigenvalue weighted by molar-refractivity contribution is 5.29. The average Bonchev–Trinajstić information content (AvgIpc) is 2.29. The van der Waals surface area contributed by atoms with Gasteiger partial charge in [0.25, 0.3) is 0 Å². The molecule has 1 aromatic carbocycles. The Morgan fingerprint density at radius 2 is 2.06 bits per heavy atom. The Morgan fingerprint density at radius 3 is 2.53 bits per heavy atom. The summed E-state index contributed by atoms with van der Waals surface area (Å²) in [6.45, 7) is 4.97. The van der Waals surface area contributed by atoms with Crippen LogP contribution < -0.4 is 0 Å². The van der Waals surface area contributed by atoms with Gasteiger partial charge in [0.05, 0.1) is 12.3 Å². The maximum Gasteiger partial charge on any atom is 0.156 e. The maximum atomic E-state index is 14.1. The molecule has 1 unspecified atom stereocenters. The highest BCUT2D eigenvalue weighted by Crippen LogP contribution is 2.26. The lowest BCUT2D eigenvalue weighted by Crippen LogP contribution is -2.21. The molecule has 0 radical (unpaired) electrons. The lowest BCUT2D eigenvalue weighted by Gasteiger charge is -2.19. The number of hydrogen-bond donors (Lipinski definition) is 0. The summed E-state index contributed by atoms with van der Waals surface area (Å²) in [5.41, 5.74) is 0.185. The van der Waals surface area contributed by atoms with Gasteiger partial charge < -0.3 is 4.74 Å². The van der Waals surface area contributed by atoms with Crippen molar-refractivity contribution in [1.82, 2.24) is 0 Å². The Bertz CT molecular complexity index is 398. The summed E-state index contributed by atoms with van der Waals surface area (Å²) in [7, 11) is 1.46. The van der Waals surface area contributed by atoms with Crippen molar-refractivity contribution in [2.45, 2.75) is 19.0 Å². The van der Waals surface area contributed by atoms with Crippen molar-refractivity contribution in [1.29, 1.82) is 0 Å². The normalized spacial score (nSPS) is 14.1. The second-order valence-corrected chi connectivity index (χ2v) is 4.16. The molecule has 1 atom stereocenters. The summed E-state index contributed by atoms with van der Waals surface area (Å²) >= 11 is 0. The van der Waals surface area contributed by atoms with Crippen molar-refractivity contribution in [3.05, 3.63) is 52.6 Å². The van der Waals surface area contributed by atoms with Crippen LogP contribution in [-0.2, 0) is 16.8 Å². The number of nitroso groups, excluding NO2 is 1. The fourth-order valence-corrected chi connectivity index (χ4v) is 1.59. The molecule has 0 fully saturated rings. The summed E-state index contributed by atoms with van der Waals surface area (Å²) in [6, 6.07) is 6.90. The summed E-state index contributed by atoms with van der Waals surface area (Å²) in [5, 5.41) is 2.75. The van der Waals surface area contributed by atoms with Crippen LogP contribution in [-0.4, -0.2) is 13.7 Å². The first-order chi connectivity index (χ1) is 7.99. The summed E-state index contributed by atoms with van der Waals surface area (Å²) in [5.74, 6) is 0. The van der Waals surface area contributed by atoms with E-state index in [1.165, 1.54) is 14.0 Å². The van der Waals surface area contributed by atoms with Crippen LogP contribution in [0.4, 0.5) is 4.39 Å². The second-order valence-electron chi connectivity index (χ2n) is 4.16. The first-order valence-corrected chi connectivity index (χ1v) is 5.28. The standard InChI is InChI=1S/C13H16FNO2/c1-10(15-16)8-11-4-6-12(7-5-11)13(2,14)9-17-3/h4-7H,1,8-9H2,2-3H3. The summed E-state index contributed by atoms with van der Waals surface area (Å²) in [4.78, 5) is 10.2. The molecule has 0 aliphatic rings. The lowest BCUT2D eigenvalue weighted by molar-refractivity contribution is 0.0527. The molecular formula is C13H16FNO2. The highest BCUT2D eigenvalue weighted by Gasteiger charge is 2.25. The Balaban J connectivity index is 2.80. The lowest BCUT2D eigenvalue weighted by atomic mass is 9.97. The number of benzene rings is 1. The molecule has 0 heterocycles. The molecule has 0 aliphatic heterocycles. The Morgan fingerprint density at radius 1 is 1.47 bits per heavy atom. The molecule has 92 valence electrons. The minimum atomic E-state index is -1.51. The van der Waals surface area contributed by atoms with Gasteiger partial charge in [-0.3, -0.25) is 0 Å². The summed E-state index contributed by atoms with van der Waals surface area (Å²) in [6.07, 6.45) is 0.386. The number of allylic oxidation sites excluding steroid dienone is 1. The Kier molecular flexibility index (Phi) is 4.52. The zero-order valence-corrected chi connectivity index (χ0v) is 10.1. The SMILES string of the molecule is C=C(Cc1ccc(C(C)(F)COC)cc1)N=O. The van der Waals surface area contributed by atoms with E-state index in [0.29, 0.717) is 12.0 Å². The molecule has 0 aliphatic carbocycles. The molecule has 3 nitrogen and oxygen atoms in total. The number of alkyl halides is 1. The van der Waals surface area contributed by atoms with Crippen LogP contribution in [0, 0.1) is 4.91 Å². The summed E-state index contributed by atoms with van der Waals surface area (Å²) < 4.78 is 18.9. The minimum Gasteiger partial charge on any atom is -0.381 e. The number of hydrogen-bond acceptors (Lipinski definition) is 3. The van der Waals surface area contributed by atoms with E-state index in [0.717, 1.165) is 5.56 Å². The van der Waals surface area contributed by atoms with Gasteiger partial charge in [-0.25, -0.2) is 4.39 Å². The van der Waals surface area contributed by atoms with Crippen LogP contribution >= 0.6 is 0 Å². The van der Waals surface area contributed by atoms with Gasteiger partial charge in [0.2, 0.25) is 0 Å². The molecule has 0 aromatic heterocycles. The van der Waals surface area contributed by atoms with Crippen molar-refractivity contribution in [3.8, 4) is 0 Å². The van der Waals surface area contributed by atoms with Crippen LogP contribution in [0.5, 0.6) is 0 Å². The fraction of sp³-hybridized carbons (Fsp3) is 0.385. The third kappa shape index (κ3) is 3.75. The van der Waals surface area contributed by atoms with E-state index in [2.05, 4.69) is 11.8 Å². The van der Waals surface area contributed by atoms with Gasteiger partial charge >= 0.3 is 0 Å². The molecule has 17 heavy (non-hydrogen) atoms. The van der Waals surface area contributed by atoms with Crippen LogP contribution in [0.2, 0.25) is 0 Å². The number of methoxy groups -OCH3 is 1. The molecular weight excluding hydrogens is 221 g/mol. The van der Waals surface area contributed by atoms with Gasteiger partial charge in [-0.1, -0.05) is 30.8 Å². The van der Waals surface area contributed by atoms with E-state index in [1.807, 2.05) is 0 Å². The molecule has 0 N–H and O–H groups in total. The van der Waals surface area contributed by atoms with Crippen molar-refractivity contribution >= 4 is 0 Å².